The zero-order valence-electron chi connectivity index (χ0n) is 14.0. The van der Waals surface area contributed by atoms with Gasteiger partial charge < -0.3 is 10.2 Å². The van der Waals surface area contributed by atoms with Gasteiger partial charge in [-0.1, -0.05) is 42.5 Å². The zero-order valence-corrected chi connectivity index (χ0v) is 14.8. The molecule has 1 amide bonds. The lowest BCUT2D eigenvalue weighted by Gasteiger charge is -2.15. The molecule has 0 aromatic heterocycles. The Kier molecular flexibility index (Phi) is 6.68. The van der Waals surface area contributed by atoms with Gasteiger partial charge >= 0.3 is 0 Å². The minimum Gasteiger partial charge on any atom is -0.351 e. The summed E-state index contributed by atoms with van der Waals surface area (Å²) in [6.07, 6.45) is 0. The molecule has 0 spiro atoms. The van der Waals surface area contributed by atoms with Crippen LogP contribution in [-0.2, 0) is 17.9 Å². The molecule has 0 aliphatic carbocycles. The Morgan fingerprint density at radius 3 is 2.30 bits per heavy atom. The molecule has 0 saturated carbocycles. The number of thioether (sulfide) groups is 1. The van der Waals surface area contributed by atoms with Crippen molar-refractivity contribution < 1.29 is 9.69 Å². The molecule has 0 aliphatic heterocycles. The van der Waals surface area contributed by atoms with Gasteiger partial charge in [0.15, 0.2) is 0 Å². The fourth-order valence-corrected chi connectivity index (χ4v) is 3.28. The molecule has 1 atom stereocenters. The molecule has 0 fully saturated rings. The van der Waals surface area contributed by atoms with Crippen molar-refractivity contribution in [3.8, 4) is 0 Å². The number of nitrogens with one attached hydrogen (secondary N) is 2. The van der Waals surface area contributed by atoms with Crippen LogP contribution in [0.5, 0.6) is 0 Å². The van der Waals surface area contributed by atoms with Crippen LogP contribution in [0.1, 0.15) is 18.1 Å². The summed E-state index contributed by atoms with van der Waals surface area (Å²) in [6, 6.07) is 18.3. The Balaban J connectivity index is 1.91. The maximum Gasteiger partial charge on any atom is 0.233 e. The summed E-state index contributed by atoms with van der Waals surface area (Å²) >= 11 is 1.59. The van der Waals surface area contributed by atoms with Crippen LogP contribution in [0.25, 0.3) is 0 Å². The lowest BCUT2D eigenvalue weighted by Crippen LogP contribution is -3.04. The molecule has 0 bridgehead atoms. The molecule has 2 rings (SSSR count). The third kappa shape index (κ3) is 5.73. The highest BCUT2D eigenvalue weighted by Crippen LogP contribution is 2.22. The van der Waals surface area contributed by atoms with Gasteiger partial charge in [-0.25, -0.2) is 0 Å². The first kappa shape index (κ1) is 17.6. The minimum atomic E-state index is -0.107. The summed E-state index contributed by atoms with van der Waals surface area (Å²) in [5, 5.41) is 2.96. The largest absolute Gasteiger partial charge is 0.351 e. The van der Waals surface area contributed by atoms with E-state index in [9.17, 15) is 4.79 Å². The molecule has 0 aliphatic rings. The fraction of sp³-hybridized carbons (Fsp3) is 0.316. The number of carbonyl (C=O) groups excluding carboxylic acids is 1. The van der Waals surface area contributed by atoms with E-state index >= 15 is 0 Å². The van der Waals surface area contributed by atoms with Gasteiger partial charge in [0.05, 0.1) is 19.3 Å². The van der Waals surface area contributed by atoms with Crippen molar-refractivity contribution in [2.75, 3.05) is 14.1 Å². The third-order valence-corrected chi connectivity index (χ3v) is 4.65. The molecule has 4 heteroatoms. The van der Waals surface area contributed by atoms with Crippen molar-refractivity contribution in [3.63, 3.8) is 0 Å². The smallest absolute Gasteiger partial charge is 0.233 e. The van der Waals surface area contributed by atoms with Crippen molar-refractivity contribution in [2.24, 2.45) is 0 Å². The SMILES string of the molecule is C[C@H](Sc1ccccc1)C(=O)NCc1ccccc1C[NH+](C)C. The molecule has 0 unspecified atom stereocenters. The van der Waals surface area contributed by atoms with Crippen LogP contribution in [0.15, 0.2) is 59.5 Å². The van der Waals surface area contributed by atoms with E-state index in [1.807, 2.05) is 43.3 Å². The predicted octanol–water partition coefficient (Wildman–Crippen LogP) is 2.13. The van der Waals surface area contributed by atoms with E-state index in [0.717, 1.165) is 11.4 Å². The van der Waals surface area contributed by atoms with Gasteiger partial charge in [0.2, 0.25) is 5.91 Å². The molecular weight excluding hydrogens is 304 g/mol. The maximum atomic E-state index is 12.3. The van der Waals surface area contributed by atoms with Crippen LogP contribution in [-0.4, -0.2) is 25.3 Å². The van der Waals surface area contributed by atoms with Crippen LogP contribution < -0.4 is 10.2 Å². The summed E-state index contributed by atoms with van der Waals surface area (Å²) in [5.41, 5.74) is 2.48. The highest BCUT2D eigenvalue weighted by atomic mass is 32.2. The van der Waals surface area contributed by atoms with Gasteiger partial charge in [0.1, 0.15) is 6.54 Å². The number of quaternary nitrogens is 1. The molecule has 2 aromatic rings. The first-order valence-electron chi connectivity index (χ1n) is 7.91. The maximum absolute atomic E-state index is 12.3. The highest BCUT2D eigenvalue weighted by Gasteiger charge is 2.14. The number of benzene rings is 2. The molecule has 0 saturated heterocycles. The Bertz CT molecular complexity index is 628. The first-order chi connectivity index (χ1) is 11.1. The van der Waals surface area contributed by atoms with Gasteiger partial charge in [-0.15, -0.1) is 11.8 Å². The standard InChI is InChI=1S/C19H24N2OS/c1-15(23-18-11-5-4-6-12-18)19(22)20-13-16-9-7-8-10-17(16)14-21(2)3/h4-12,15H,13-14H2,1-3H3,(H,20,22)/p+1/t15-/m0/s1. The number of hydrogen-bond acceptors (Lipinski definition) is 2. The zero-order chi connectivity index (χ0) is 16.7. The summed E-state index contributed by atoms with van der Waals surface area (Å²) in [6.45, 7) is 3.49. The van der Waals surface area contributed by atoms with Crippen LogP contribution >= 0.6 is 11.8 Å². The molecule has 2 N–H and O–H groups in total. The number of carbonyl (C=O) groups is 1. The predicted molar refractivity (Wildman–Crippen MR) is 96.6 cm³/mol. The second-order valence-corrected chi connectivity index (χ2v) is 7.36. The van der Waals surface area contributed by atoms with E-state index in [0.29, 0.717) is 6.54 Å². The van der Waals surface area contributed by atoms with E-state index in [-0.39, 0.29) is 11.2 Å². The van der Waals surface area contributed by atoms with Crippen molar-refractivity contribution in [1.82, 2.24) is 5.32 Å². The van der Waals surface area contributed by atoms with E-state index in [2.05, 4.69) is 37.6 Å². The normalized spacial score (nSPS) is 12.2. The van der Waals surface area contributed by atoms with Gasteiger partial charge in [0.25, 0.3) is 0 Å². The van der Waals surface area contributed by atoms with Gasteiger partial charge in [-0.05, 0) is 24.6 Å². The van der Waals surface area contributed by atoms with Crippen molar-refractivity contribution >= 4 is 17.7 Å². The average Bonchev–Trinajstić information content (AvgIpc) is 2.54. The quantitative estimate of drug-likeness (QED) is 0.763. The number of hydrogen-bond donors (Lipinski definition) is 2. The van der Waals surface area contributed by atoms with E-state index in [1.165, 1.54) is 16.0 Å². The van der Waals surface area contributed by atoms with Crippen LogP contribution in [0.4, 0.5) is 0 Å². The van der Waals surface area contributed by atoms with Gasteiger partial charge in [-0.2, -0.15) is 0 Å². The monoisotopic (exact) mass is 329 g/mol. The van der Waals surface area contributed by atoms with E-state index in [4.69, 9.17) is 0 Å². The Hall–Kier alpha value is -1.78. The van der Waals surface area contributed by atoms with Crippen molar-refractivity contribution in [2.45, 2.75) is 30.2 Å². The summed E-state index contributed by atoms with van der Waals surface area (Å²) in [7, 11) is 4.27. The topological polar surface area (TPSA) is 33.5 Å². The molecule has 23 heavy (non-hydrogen) atoms. The third-order valence-electron chi connectivity index (χ3n) is 3.54. The summed E-state index contributed by atoms with van der Waals surface area (Å²) < 4.78 is 0. The van der Waals surface area contributed by atoms with Crippen LogP contribution in [0, 0.1) is 0 Å². The summed E-state index contributed by atoms with van der Waals surface area (Å²) in [5.74, 6) is 0.0749. The molecule has 3 nitrogen and oxygen atoms in total. The number of rotatable bonds is 7. The highest BCUT2D eigenvalue weighted by molar-refractivity contribution is 8.00. The van der Waals surface area contributed by atoms with E-state index in [1.54, 1.807) is 11.8 Å². The molecule has 122 valence electrons. The fourth-order valence-electron chi connectivity index (χ4n) is 2.37. The first-order valence-corrected chi connectivity index (χ1v) is 8.79. The molecule has 0 heterocycles. The van der Waals surface area contributed by atoms with Crippen LogP contribution in [0.2, 0.25) is 0 Å². The lowest BCUT2D eigenvalue weighted by atomic mass is 10.1. The van der Waals surface area contributed by atoms with Gasteiger partial charge in [-0.3, -0.25) is 4.79 Å². The summed E-state index contributed by atoms with van der Waals surface area (Å²) in [4.78, 5) is 14.8. The van der Waals surface area contributed by atoms with Gasteiger partial charge in [0, 0.05) is 17.0 Å². The molecular formula is C19H25N2OS+. The van der Waals surface area contributed by atoms with Crippen molar-refractivity contribution in [1.29, 1.82) is 0 Å². The Labute approximate surface area is 143 Å². The Morgan fingerprint density at radius 2 is 1.65 bits per heavy atom. The van der Waals surface area contributed by atoms with Crippen LogP contribution in [0.3, 0.4) is 0 Å². The molecule has 2 aromatic carbocycles. The second-order valence-electron chi connectivity index (χ2n) is 5.94. The lowest BCUT2D eigenvalue weighted by molar-refractivity contribution is -0.872. The van der Waals surface area contributed by atoms with Crippen molar-refractivity contribution in [3.05, 3.63) is 65.7 Å². The Morgan fingerprint density at radius 1 is 1.04 bits per heavy atom. The van der Waals surface area contributed by atoms with E-state index < -0.39 is 0 Å². The number of amides is 1. The molecule has 0 radical (unpaired) electrons. The second kappa shape index (κ2) is 8.75. The average molecular weight is 329 g/mol. The minimum absolute atomic E-state index is 0.0749.